The van der Waals surface area contributed by atoms with Crippen LogP contribution in [0.2, 0.25) is 0 Å². The minimum absolute atomic E-state index is 0.569. The summed E-state index contributed by atoms with van der Waals surface area (Å²) in [4.78, 5) is 2.16. The number of nitrogens with zero attached hydrogens (tertiary/aromatic N) is 4. The van der Waals surface area contributed by atoms with Crippen LogP contribution in [-0.2, 0) is 6.54 Å². The number of halogens is 2. The van der Waals surface area contributed by atoms with E-state index in [0.29, 0.717) is 19.6 Å². The van der Waals surface area contributed by atoms with Crippen molar-refractivity contribution in [1.82, 2.24) is 19.9 Å². The Bertz CT molecular complexity index is 718. The van der Waals surface area contributed by atoms with Gasteiger partial charge in [-0.25, -0.2) is 9.07 Å². The molecule has 0 spiro atoms. The van der Waals surface area contributed by atoms with Gasteiger partial charge in [-0.1, -0.05) is 5.21 Å². The highest BCUT2D eigenvalue weighted by Gasteiger charge is 2.24. The number of hydrogen-bond acceptors (Lipinski definition) is 4. The maximum atomic E-state index is 13.1. The second kappa shape index (κ2) is 6.96. The molecule has 1 aliphatic carbocycles. The van der Waals surface area contributed by atoms with Crippen LogP contribution in [0.5, 0.6) is 5.75 Å². The minimum Gasteiger partial charge on any atom is -0.492 e. The fourth-order valence-electron chi connectivity index (χ4n) is 3.24. The molecule has 0 radical (unpaired) electrons. The smallest absolute Gasteiger partial charge is 0.135 e. The summed E-state index contributed by atoms with van der Waals surface area (Å²) < 4.78 is 21.9. The highest BCUT2D eigenvalue weighted by molar-refractivity contribution is 9.10. The van der Waals surface area contributed by atoms with Crippen molar-refractivity contribution in [2.24, 2.45) is 5.92 Å². The molecule has 5 nitrogen and oxygen atoms in total. The van der Waals surface area contributed by atoms with Crippen molar-refractivity contribution in [2.75, 3.05) is 26.2 Å². The molecule has 0 N–H and O–H groups in total. The molecule has 7 heteroatoms. The Morgan fingerprint density at radius 1 is 1.29 bits per heavy atom. The Morgan fingerprint density at radius 3 is 2.92 bits per heavy atom. The maximum Gasteiger partial charge on any atom is 0.135 e. The average Bonchev–Trinajstić information content (AvgIpc) is 3.14. The third-order valence-corrected chi connectivity index (χ3v) is 5.58. The molecular weight excluding hydrogens is 375 g/mol. The van der Waals surface area contributed by atoms with Crippen LogP contribution < -0.4 is 4.74 Å². The number of aromatic nitrogens is 3. The topological polar surface area (TPSA) is 43.2 Å². The van der Waals surface area contributed by atoms with E-state index < -0.39 is 6.17 Å². The number of ether oxygens (including phenoxy) is 1. The van der Waals surface area contributed by atoms with Crippen LogP contribution in [-0.4, -0.2) is 52.3 Å². The van der Waals surface area contributed by atoms with Gasteiger partial charge in [0.05, 0.1) is 16.6 Å². The lowest BCUT2D eigenvalue weighted by molar-refractivity contribution is 0.248. The van der Waals surface area contributed by atoms with E-state index in [0.717, 1.165) is 53.2 Å². The fourth-order valence-corrected chi connectivity index (χ4v) is 3.77. The Labute approximate surface area is 149 Å². The first-order chi connectivity index (χ1) is 11.7. The molecule has 2 heterocycles. The third kappa shape index (κ3) is 3.57. The van der Waals surface area contributed by atoms with Crippen molar-refractivity contribution < 1.29 is 9.13 Å². The molecule has 1 aromatic heterocycles. The van der Waals surface area contributed by atoms with Crippen LogP contribution in [0.1, 0.15) is 25.7 Å². The largest absolute Gasteiger partial charge is 0.492 e. The molecule has 130 valence electrons. The van der Waals surface area contributed by atoms with Crippen molar-refractivity contribution in [1.29, 1.82) is 0 Å². The highest BCUT2D eigenvalue weighted by atomic mass is 79.9. The van der Waals surface area contributed by atoms with Gasteiger partial charge in [0.25, 0.3) is 0 Å². The molecule has 1 saturated carbocycles. The Balaban J connectivity index is 1.35. The maximum absolute atomic E-state index is 13.1. The normalized spacial score (nSPS) is 21.7. The van der Waals surface area contributed by atoms with Gasteiger partial charge in [-0.2, -0.15) is 0 Å². The molecule has 1 atom stereocenters. The van der Waals surface area contributed by atoms with Gasteiger partial charge in [-0.3, -0.25) is 0 Å². The average molecular weight is 397 g/mol. The van der Waals surface area contributed by atoms with Crippen molar-refractivity contribution >= 4 is 27.0 Å². The van der Waals surface area contributed by atoms with E-state index in [-0.39, 0.29) is 0 Å². The zero-order valence-corrected chi connectivity index (χ0v) is 15.2. The van der Waals surface area contributed by atoms with E-state index in [1.165, 1.54) is 12.8 Å². The molecule has 2 aromatic rings. The van der Waals surface area contributed by atoms with Crippen LogP contribution in [0, 0.1) is 5.92 Å². The van der Waals surface area contributed by atoms with Gasteiger partial charge >= 0.3 is 0 Å². The lowest BCUT2D eigenvalue weighted by Crippen LogP contribution is -2.23. The van der Waals surface area contributed by atoms with Gasteiger partial charge in [0.1, 0.15) is 17.4 Å². The van der Waals surface area contributed by atoms with Gasteiger partial charge in [-0.05, 0) is 59.7 Å². The SMILES string of the molecule is F[C@H]1CCN(CCCOc2ccc3c(nnn3CC3CC3)c2Br)C1. The van der Waals surface area contributed by atoms with Gasteiger partial charge < -0.3 is 9.64 Å². The van der Waals surface area contributed by atoms with Crippen LogP contribution in [0.25, 0.3) is 11.0 Å². The fraction of sp³-hybridized carbons (Fsp3) is 0.647. The monoisotopic (exact) mass is 396 g/mol. The van der Waals surface area contributed by atoms with Gasteiger partial charge in [-0.15, -0.1) is 5.10 Å². The van der Waals surface area contributed by atoms with Crippen LogP contribution in [0.15, 0.2) is 16.6 Å². The third-order valence-electron chi connectivity index (χ3n) is 4.81. The van der Waals surface area contributed by atoms with E-state index in [1.807, 2.05) is 16.8 Å². The lowest BCUT2D eigenvalue weighted by Gasteiger charge is -2.15. The van der Waals surface area contributed by atoms with E-state index in [4.69, 9.17) is 4.74 Å². The first-order valence-corrected chi connectivity index (χ1v) is 9.51. The predicted octanol–water partition coefficient (Wildman–Crippen LogP) is 3.42. The summed E-state index contributed by atoms with van der Waals surface area (Å²) in [5.74, 6) is 1.56. The van der Waals surface area contributed by atoms with E-state index in [9.17, 15) is 4.39 Å². The van der Waals surface area contributed by atoms with Crippen molar-refractivity contribution in [3.63, 3.8) is 0 Å². The zero-order valence-electron chi connectivity index (χ0n) is 13.6. The minimum atomic E-state index is -0.652. The molecule has 0 bridgehead atoms. The van der Waals surface area contributed by atoms with Gasteiger partial charge in [0, 0.05) is 26.2 Å². The van der Waals surface area contributed by atoms with Crippen LogP contribution in [0.4, 0.5) is 4.39 Å². The molecule has 0 amide bonds. The number of fused-ring (bicyclic) bond motifs is 1. The van der Waals surface area contributed by atoms with Crippen molar-refractivity contribution in [2.45, 2.75) is 38.4 Å². The summed E-state index contributed by atoms with van der Waals surface area (Å²) >= 11 is 3.60. The molecular formula is C17H22BrFN4O. The van der Waals surface area contributed by atoms with E-state index >= 15 is 0 Å². The summed E-state index contributed by atoms with van der Waals surface area (Å²) in [6, 6.07) is 4.01. The standard InChI is InChI=1S/C17H22BrFN4O/c18-16-15(24-9-1-7-22-8-6-13(19)11-22)5-4-14-17(16)20-21-23(14)10-12-2-3-12/h4-5,12-13H,1-3,6-11H2/t13-/m0/s1. The van der Waals surface area contributed by atoms with E-state index in [1.54, 1.807) is 0 Å². The number of benzene rings is 1. The highest BCUT2D eigenvalue weighted by Crippen LogP contribution is 2.34. The molecule has 1 aromatic carbocycles. The second-order valence-electron chi connectivity index (χ2n) is 6.85. The van der Waals surface area contributed by atoms with Crippen LogP contribution >= 0.6 is 15.9 Å². The molecule has 2 fully saturated rings. The number of likely N-dealkylation sites (tertiary alicyclic amines) is 1. The summed E-state index contributed by atoms with van der Waals surface area (Å²) in [5, 5.41) is 8.57. The summed E-state index contributed by atoms with van der Waals surface area (Å²) in [7, 11) is 0. The predicted molar refractivity (Wildman–Crippen MR) is 94.0 cm³/mol. The molecule has 1 aliphatic heterocycles. The van der Waals surface area contributed by atoms with Crippen LogP contribution in [0.3, 0.4) is 0 Å². The quantitative estimate of drug-likeness (QED) is 0.672. The number of rotatable bonds is 7. The Hall–Kier alpha value is -1.21. The van der Waals surface area contributed by atoms with Gasteiger partial charge in [0.15, 0.2) is 0 Å². The van der Waals surface area contributed by atoms with Crippen molar-refractivity contribution in [3.8, 4) is 5.75 Å². The van der Waals surface area contributed by atoms with Gasteiger partial charge in [0.2, 0.25) is 0 Å². The number of hydrogen-bond donors (Lipinski definition) is 0. The second-order valence-corrected chi connectivity index (χ2v) is 7.64. The lowest BCUT2D eigenvalue weighted by atomic mass is 10.3. The first kappa shape index (κ1) is 16.3. The zero-order chi connectivity index (χ0) is 16.5. The molecule has 2 aliphatic rings. The Morgan fingerprint density at radius 2 is 2.17 bits per heavy atom. The first-order valence-electron chi connectivity index (χ1n) is 8.71. The summed E-state index contributed by atoms with van der Waals surface area (Å²) in [5.41, 5.74) is 1.90. The number of alkyl halides is 1. The Kier molecular flexibility index (Phi) is 4.72. The summed E-state index contributed by atoms with van der Waals surface area (Å²) in [6.07, 6.45) is 3.50. The summed E-state index contributed by atoms with van der Waals surface area (Å²) in [6.45, 7) is 3.89. The molecule has 4 rings (SSSR count). The molecule has 1 saturated heterocycles. The van der Waals surface area contributed by atoms with E-state index in [2.05, 4.69) is 31.1 Å². The van der Waals surface area contributed by atoms with Crippen molar-refractivity contribution in [3.05, 3.63) is 16.6 Å². The molecule has 24 heavy (non-hydrogen) atoms. The molecule has 0 unspecified atom stereocenters.